The van der Waals surface area contributed by atoms with E-state index in [-0.39, 0.29) is 0 Å². The molecule has 0 bridgehead atoms. The van der Waals surface area contributed by atoms with Crippen molar-refractivity contribution in [2.45, 2.75) is 58.3 Å². The largest absolute Gasteiger partial charge is 0.619 e. The highest BCUT2D eigenvalue weighted by Gasteiger charge is 1.96. The van der Waals surface area contributed by atoms with Gasteiger partial charge < -0.3 is 5.21 Å². The summed E-state index contributed by atoms with van der Waals surface area (Å²) in [5.41, 5.74) is 1.28. The van der Waals surface area contributed by atoms with Crippen molar-refractivity contribution in [1.82, 2.24) is 0 Å². The first-order valence-electron chi connectivity index (χ1n) is 6.50. The van der Waals surface area contributed by atoms with E-state index < -0.39 is 0 Å². The van der Waals surface area contributed by atoms with Gasteiger partial charge in [0.15, 0.2) is 12.4 Å². The minimum absolute atomic E-state index is 0.842. The minimum atomic E-state index is 0.842. The van der Waals surface area contributed by atoms with E-state index in [0.717, 1.165) is 11.2 Å². The number of aryl methyl sites for hydroxylation is 1. The van der Waals surface area contributed by atoms with Crippen LogP contribution in [0.15, 0.2) is 24.5 Å². The van der Waals surface area contributed by atoms with Crippen LogP contribution in [0.2, 0.25) is 0 Å². The third-order valence-corrected chi connectivity index (χ3v) is 2.94. The molecule has 16 heavy (non-hydrogen) atoms. The molecule has 0 aromatic carbocycles. The van der Waals surface area contributed by atoms with E-state index in [1.54, 1.807) is 12.4 Å². The standard InChI is InChI=1S/C14H23NO/c1-2-3-4-5-6-7-8-9-14-10-12-15(16)13-11-14/h10-13H,2-9H2,1H3. The smallest absolute Gasteiger partial charge is 0.180 e. The third kappa shape index (κ3) is 5.74. The van der Waals surface area contributed by atoms with Crippen molar-refractivity contribution in [3.63, 3.8) is 0 Å². The summed E-state index contributed by atoms with van der Waals surface area (Å²) in [6.45, 7) is 2.25. The number of aromatic nitrogens is 1. The lowest BCUT2D eigenvalue weighted by Crippen LogP contribution is -2.23. The molecule has 0 saturated heterocycles. The highest BCUT2D eigenvalue weighted by molar-refractivity contribution is 5.07. The third-order valence-electron chi connectivity index (χ3n) is 2.94. The molecule has 90 valence electrons. The van der Waals surface area contributed by atoms with Crippen LogP contribution in [0.25, 0.3) is 0 Å². The quantitative estimate of drug-likeness (QED) is 0.374. The summed E-state index contributed by atoms with van der Waals surface area (Å²) in [4.78, 5) is 0. The molecule has 0 fully saturated rings. The van der Waals surface area contributed by atoms with Gasteiger partial charge in [0.2, 0.25) is 0 Å². The number of hydrogen-bond donors (Lipinski definition) is 0. The molecule has 0 N–H and O–H groups in total. The van der Waals surface area contributed by atoms with Gasteiger partial charge in [-0.05, 0) is 18.4 Å². The van der Waals surface area contributed by atoms with E-state index in [1.807, 2.05) is 12.1 Å². The lowest BCUT2D eigenvalue weighted by atomic mass is 10.1. The van der Waals surface area contributed by atoms with E-state index in [0.29, 0.717) is 0 Å². The van der Waals surface area contributed by atoms with Gasteiger partial charge in [-0.15, -0.1) is 0 Å². The van der Waals surface area contributed by atoms with Gasteiger partial charge in [0, 0.05) is 12.1 Å². The van der Waals surface area contributed by atoms with Gasteiger partial charge in [0.1, 0.15) is 0 Å². The molecular weight excluding hydrogens is 198 g/mol. The second-order valence-electron chi connectivity index (χ2n) is 4.44. The fourth-order valence-corrected chi connectivity index (χ4v) is 1.90. The Morgan fingerprint density at radius 2 is 1.50 bits per heavy atom. The summed E-state index contributed by atoms with van der Waals surface area (Å²) in [5, 5.41) is 10.8. The number of rotatable bonds is 8. The zero-order valence-corrected chi connectivity index (χ0v) is 10.3. The Balaban J connectivity index is 2.01. The summed E-state index contributed by atoms with van der Waals surface area (Å²) in [7, 11) is 0. The first-order valence-corrected chi connectivity index (χ1v) is 6.50. The number of unbranched alkanes of at least 4 members (excludes halogenated alkanes) is 6. The predicted octanol–water partition coefficient (Wildman–Crippen LogP) is 3.61. The molecule has 1 aromatic rings. The van der Waals surface area contributed by atoms with Gasteiger partial charge >= 0.3 is 0 Å². The predicted molar refractivity (Wildman–Crippen MR) is 67.1 cm³/mol. The minimum Gasteiger partial charge on any atom is -0.619 e. The fraction of sp³-hybridized carbons (Fsp3) is 0.643. The highest BCUT2D eigenvalue weighted by atomic mass is 16.5. The van der Waals surface area contributed by atoms with E-state index >= 15 is 0 Å². The van der Waals surface area contributed by atoms with Crippen molar-refractivity contribution in [3.8, 4) is 0 Å². The van der Waals surface area contributed by atoms with Crippen LogP contribution in [0.5, 0.6) is 0 Å². The molecular formula is C14H23NO. The molecule has 0 radical (unpaired) electrons. The van der Waals surface area contributed by atoms with Crippen LogP contribution in [0.1, 0.15) is 57.4 Å². The van der Waals surface area contributed by atoms with Crippen molar-refractivity contribution in [1.29, 1.82) is 0 Å². The molecule has 0 aliphatic rings. The zero-order chi connectivity index (χ0) is 11.6. The normalized spacial score (nSPS) is 10.6. The van der Waals surface area contributed by atoms with E-state index in [1.165, 1.54) is 50.5 Å². The molecule has 0 amide bonds. The first kappa shape index (κ1) is 13.0. The Hall–Kier alpha value is -1.05. The first-order chi connectivity index (χ1) is 7.83. The topological polar surface area (TPSA) is 26.9 Å². The zero-order valence-electron chi connectivity index (χ0n) is 10.3. The Bertz CT molecular complexity index is 269. The summed E-state index contributed by atoms with van der Waals surface area (Å²) in [6, 6.07) is 3.84. The number of nitrogens with zero attached hydrogens (tertiary/aromatic N) is 1. The molecule has 1 aromatic heterocycles. The molecule has 2 nitrogen and oxygen atoms in total. The molecule has 0 aliphatic heterocycles. The molecule has 0 spiro atoms. The average molecular weight is 221 g/mol. The Morgan fingerprint density at radius 3 is 2.12 bits per heavy atom. The van der Waals surface area contributed by atoms with Crippen LogP contribution in [0, 0.1) is 5.21 Å². The van der Waals surface area contributed by atoms with Gasteiger partial charge in [-0.25, -0.2) is 0 Å². The van der Waals surface area contributed by atoms with Crippen LogP contribution in [0.3, 0.4) is 0 Å². The van der Waals surface area contributed by atoms with E-state index in [9.17, 15) is 5.21 Å². The lowest BCUT2D eigenvalue weighted by molar-refractivity contribution is -0.605. The van der Waals surface area contributed by atoms with E-state index in [4.69, 9.17) is 0 Å². The number of pyridine rings is 1. The molecule has 1 heterocycles. The lowest BCUT2D eigenvalue weighted by Gasteiger charge is -2.02. The maximum Gasteiger partial charge on any atom is 0.180 e. The number of hydrogen-bond acceptors (Lipinski definition) is 1. The maximum absolute atomic E-state index is 10.8. The van der Waals surface area contributed by atoms with Gasteiger partial charge in [-0.1, -0.05) is 45.4 Å². The van der Waals surface area contributed by atoms with Gasteiger partial charge in [-0.2, -0.15) is 4.73 Å². The summed E-state index contributed by atoms with van der Waals surface area (Å²) in [6.07, 6.45) is 13.6. The molecule has 0 saturated carbocycles. The molecule has 0 aliphatic carbocycles. The van der Waals surface area contributed by atoms with Gasteiger partial charge in [0.05, 0.1) is 0 Å². The second-order valence-corrected chi connectivity index (χ2v) is 4.44. The summed E-state index contributed by atoms with van der Waals surface area (Å²) in [5.74, 6) is 0. The average Bonchev–Trinajstić information content (AvgIpc) is 2.30. The highest BCUT2D eigenvalue weighted by Crippen LogP contribution is 2.09. The molecule has 2 heteroatoms. The van der Waals surface area contributed by atoms with Gasteiger partial charge in [-0.3, -0.25) is 0 Å². The van der Waals surface area contributed by atoms with Crippen molar-refractivity contribution in [3.05, 3.63) is 35.3 Å². The van der Waals surface area contributed by atoms with Crippen molar-refractivity contribution in [2.24, 2.45) is 0 Å². The Kier molecular flexibility index (Phi) is 6.62. The van der Waals surface area contributed by atoms with Crippen molar-refractivity contribution >= 4 is 0 Å². The van der Waals surface area contributed by atoms with Crippen molar-refractivity contribution < 1.29 is 4.73 Å². The van der Waals surface area contributed by atoms with Crippen LogP contribution in [0.4, 0.5) is 0 Å². The summed E-state index contributed by atoms with van der Waals surface area (Å²) < 4.78 is 0.842. The Morgan fingerprint density at radius 1 is 0.938 bits per heavy atom. The fourth-order valence-electron chi connectivity index (χ4n) is 1.90. The summed E-state index contributed by atoms with van der Waals surface area (Å²) >= 11 is 0. The Labute approximate surface area is 98.9 Å². The van der Waals surface area contributed by atoms with Crippen LogP contribution < -0.4 is 4.73 Å². The van der Waals surface area contributed by atoms with Crippen LogP contribution in [-0.2, 0) is 6.42 Å². The maximum atomic E-state index is 10.8. The molecule has 1 rings (SSSR count). The van der Waals surface area contributed by atoms with Crippen LogP contribution >= 0.6 is 0 Å². The second kappa shape index (κ2) is 8.14. The van der Waals surface area contributed by atoms with Gasteiger partial charge in [0.25, 0.3) is 0 Å². The van der Waals surface area contributed by atoms with E-state index in [2.05, 4.69) is 6.92 Å². The van der Waals surface area contributed by atoms with Crippen LogP contribution in [-0.4, -0.2) is 0 Å². The molecule has 0 atom stereocenters. The molecule has 0 unspecified atom stereocenters. The monoisotopic (exact) mass is 221 g/mol. The SMILES string of the molecule is CCCCCCCCCc1cc[n+]([O-])cc1. The van der Waals surface area contributed by atoms with Crippen molar-refractivity contribution in [2.75, 3.05) is 0 Å².